The number of amides is 2. The van der Waals surface area contributed by atoms with Crippen molar-refractivity contribution in [2.45, 2.75) is 45.6 Å². The van der Waals surface area contributed by atoms with E-state index in [1.807, 2.05) is 20.8 Å². The van der Waals surface area contributed by atoms with Crippen molar-refractivity contribution in [3.8, 4) is 0 Å². The van der Waals surface area contributed by atoms with E-state index in [1.165, 1.54) is 0 Å². The molecule has 1 aliphatic heterocycles. The summed E-state index contributed by atoms with van der Waals surface area (Å²) in [6.07, 6.45) is 1.92. The van der Waals surface area contributed by atoms with Crippen molar-refractivity contribution in [1.29, 1.82) is 0 Å². The zero-order chi connectivity index (χ0) is 16.0. The molecule has 21 heavy (non-hydrogen) atoms. The first-order chi connectivity index (χ1) is 9.71. The van der Waals surface area contributed by atoms with Crippen LogP contribution in [0, 0.1) is 5.92 Å². The number of urea groups is 1. The molecule has 122 valence electrons. The van der Waals surface area contributed by atoms with E-state index in [2.05, 4.69) is 0 Å². The summed E-state index contributed by atoms with van der Waals surface area (Å²) in [6.45, 7) is 8.22. The number of carboxylic acid groups (broad SMARTS) is 1. The van der Waals surface area contributed by atoms with E-state index in [0.29, 0.717) is 12.5 Å². The first-order valence-electron chi connectivity index (χ1n) is 7.54. The molecule has 0 aromatic heterocycles. The van der Waals surface area contributed by atoms with Gasteiger partial charge in [0.05, 0.1) is 6.42 Å². The molecule has 0 radical (unpaired) electrons. The third-order valence-electron chi connectivity index (χ3n) is 3.79. The quantitative estimate of drug-likeness (QED) is 0.843. The lowest BCUT2D eigenvalue weighted by atomic mass is 10.00. The summed E-state index contributed by atoms with van der Waals surface area (Å²) < 4.78 is 5.33. The molecule has 1 fully saturated rings. The summed E-state index contributed by atoms with van der Waals surface area (Å²) in [5.41, 5.74) is -0.392. The predicted molar refractivity (Wildman–Crippen MR) is 80.3 cm³/mol. The average Bonchev–Trinajstić information content (AvgIpc) is 2.37. The summed E-state index contributed by atoms with van der Waals surface area (Å²) >= 11 is 0. The number of carbonyl (C=O) groups is 2. The molecule has 1 N–H and O–H groups in total. The minimum atomic E-state index is -0.885. The SMILES string of the molecule is CN(CC1CCOCC1)C(=O)N(CCC(=O)O)C(C)(C)C. The largest absolute Gasteiger partial charge is 0.481 e. The summed E-state index contributed by atoms with van der Waals surface area (Å²) in [4.78, 5) is 26.7. The minimum Gasteiger partial charge on any atom is -0.481 e. The third kappa shape index (κ3) is 5.91. The summed E-state index contributed by atoms with van der Waals surface area (Å²) in [5, 5.41) is 8.84. The molecule has 6 heteroatoms. The Morgan fingerprint density at radius 2 is 1.81 bits per heavy atom. The van der Waals surface area contributed by atoms with Gasteiger partial charge >= 0.3 is 12.0 Å². The van der Waals surface area contributed by atoms with E-state index in [-0.39, 0.29) is 19.0 Å². The fourth-order valence-corrected chi connectivity index (χ4v) is 2.53. The summed E-state index contributed by atoms with van der Waals surface area (Å²) in [6, 6.07) is -0.102. The number of carbonyl (C=O) groups excluding carboxylic acids is 1. The summed E-state index contributed by atoms with van der Waals surface area (Å²) in [7, 11) is 1.79. The molecule has 0 saturated carbocycles. The molecule has 1 saturated heterocycles. The number of rotatable bonds is 5. The fraction of sp³-hybridized carbons (Fsp3) is 0.867. The maximum absolute atomic E-state index is 12.6. The van der Waals surface area contributed by atoms with Crippen LogP contribution in [0.15, 0.2) is 0 Å². The Bertz CT molecular complexity index is 359. The maximum atomic E-state index is 12.6. The highest BCUT2D eigenvalue weighted by molar-refractivity contribution is 5.76. The minimum absolute atomic E-state index is 0.0336. The van der Waals surface area contributed by atoms with Gasteiger partial charge in [-0.25, -0.2) is 4.79 Å². The molecule has 1 heterocycles. The van der Waals surface area contributed by atoms with Crippen molar-refractivity contribution in [3.63, 3.8) is 0 Å². The smallest absolute Gasteiger partial charge is 0.320 e. The normalized spacial score (nSPS) is 16.6. The second-order valence-electron chi connectivity index (χ2n) is 6.69. The molecule has 0 aromatic rings. The van der Waals surface area contributed by atoms with E-state index < -0.39 is 11.5 Å². The molecule has 0 unspecified atom stereocenters. The van der Waals surface area contributed by atoms with Crippen LogP contribution in [0.4, 0.5) is 4.79 Å². The predicted octanol–water partition coefficient (Wildman–Crippen LogP) is 2.04. The summed E-state index contributed by atoms with van der Waals surface area (Å²) in [5.74, 6) is -0.418. The molecule has 0 atom stereocenters. The molecule has 0 spiro atoms. The molecule has 0 aliphatic carbocycles. The zero-order valence-electron chi connectivity index (χ0n) is 13.6. The van der Waals surface area contributed by atoms with Crippen LogP contribution in [0.3, 0.4) is 0 Å². The number of carboxylic acids is 1. The van der Waals surface area contributed by atoms with Crippen molar-refractivity contribution < 1.29 is 19.4 Å². The first kappa shape index (κ1) is 17.8. The lowest BCUT2D eigenvalue weighted by molar-refractivity contribution is -0.137. The van der Waals surface area contributed by atoms with Gasteiger partial charge in [-0.1, -0.05) is 0 Å². The molecule has 1 rings (SSSR count). The Balaban J connectivity index is 2.62. The second kappa shape index (κ2) is 7.64. The Labute approximate surface area is 127 Å². The van der Waals surface area contributed by atoms with Gasteiger partial charge in [-0.05, 0) is 39.5 Å². The highest BCUT2D eigenvalue weighted by Crippen LogP contribution is 2.19. The maximum Gasteiger partial charge on any atom is 0.320 e. The van der Waals surface area contributed by atoms with Crippen LogP contribution in [0.1, 0.15) is 40.0 Å². The van der Waals surface area contributed by atoms with Crippen molar-refractivity contribution in [2.75, 3.05) is 33.4 Å². The first-order valence-corrected chi connectivity index (χ1v) is 7.54. The van der Waals surface area contributed by atoms with Crippen molar-refractivity contribution in [1.82, 2.24) is 9.80 Å². The van der Waals surface area contributed by atoms with Gasteiger partial charge in [-0.15, -0.1) is 0 Å². The molecule has 0 aromatic carbocycles. The molecular weight excluding hydrogens is 272 g/mol. The van der Waals surface area contributed by atoms with Crippen LogP contribution in [-0.2, 0) is 9.53 Å². The van der Waals surface area contributed by atoms with E-state index in [0.717, 1.165) is 26.1 Å². The average molecular weight is 300 g/mol. The van der Waals surface area contributed by atoms with Gasteiger partial charge in [-0.2, -0.15) is 0 Å². The van der Waals surface area contributed by atoms with Crippen molar-refractivity contribution >= 4 is 12.0 Å². The standard InChI is InChI=1S/C15H28N2O4/c1-15(2,3)17(8-5-13(18)19)14(20)16(4)11-12-6-9-21-10-7-12/h12H,5-11H2,1-4H3,(H,18,19). The lowest BCUT2D eigenvalue weighted by Crippen LogP contribution is -2.52. The Hall–Kier alpha value is -1.30. The van der Waals surface area contributed by atoms with Crippen LogP contribution in [-0.4, -0.2) is 65.8 Å². The van der Waals surface area contributed by atoms with Gasteiger partial charge in [0.1, 0.15) is 0 Å². The van der Waals surface area contributed by atoms with Crippen LogP contribution in [0.25, 0.3) is 0 Å². The second-order valence-corrected chi connectivity index (χ2v) is 6.69. The number of hydrogen-bond donors (Lipinski definition) is 1. The van der Waals surface area contributed by atoms with Gasteiger partial charge in [0, 0.05) is 38.9 Å². The lowest BCUT2D eigenvalue weighted by Gasteiger charge is -2.39. The van der Waals surface area contributed by atoms with E-state index in [9.17, 15) is 9.59 Å². The van der Waals surface area contributed by atoms with Gasteiger partial charge < -0.3 is 19.6 Å². The van der Waals surface area contributed by atoms with Gasteiger partial charge in [0.25, 0.3) is 0 Å². The zero-order valence-corrected chi connectivity index (χ0v) is 13.6. The van der Waals surface area contributed by atoms with Gasteiger partial charge in [0.2, 0.25) is 0 Å². The Morgan fingerprint density at radius 1 is 1.24 bits per heavy atom. The molecule has 2 amide bonds. The van der Waals surface area contributed by atoms with E-state index in [4.69, 9.17) is 9.84 Å². The van der Waals surface area contributed by atoms with Gasteiger partial charge in [-0.3, -0.25) is 4.79 Å². The number of nitrogens with zero attached hydrogens (tertiary/aromatic N) is 2. The van der Waals surface area contributed by atoms with Crippen molar-refractivity contribution in [2.24, 2.45) is 5.92 Å². The highest BCUT2D eigenvalue weighted by atomic mass is 16.5. The Morgan fingerprint density at radius 3 is 2.29 bits per heavy atom. The topological polar surface area (TPSA) is 70.1 Å². The molecular formula is C15H28N2O4. The van der Waals surface area contributed by atoms with Crippen LogP contribution in [0.2, 0.25) is 0 Å². The molecule has 0 bridgehead atoms. The van der Waals surface area contributed by atoms with E-state index in [1.54, 1.807) is 16.8 Å². The monoisotopic (exact) mass is 300 g/mol. The Kier molecular flexibility index (Phi) is 6.45. The molecule has 6 nitrogen and oxygen atoms in total. The van der Waals surface area contributed by atoms with Crippen LogP contribution < -0.4 is 0 Å². The van der Waals surface area contributed by atoms with Crippen LogP contribution in [0.5, 0.6) is 0 Å². The van der Waals surface area contributed by atoms with E-state index >= 15 is 0 Å². The fourth-order valence-electron chi connectivity index (χ4n) is 2.53. The van der Waals surface area contributed by atoms with Gasteiger partial charge in [0.15, 0.2) is 0 Å². The van der Waals surface area contributed by atoms with Crippen molar-refractivity contribution in [3.05, 3.63) is 0 Å². The number of hydrogen-bond acceptors (Lipinski definition) is 3. The third-order valence-corrected chi connectivity index (χ3v) is 3.79. The highest BCUT2D eigenvalue weighted by Gasteiger charge is 2.30. The molecule has 1 aliphatic rings. The number of ether oxygens (including phenoxy) is 1. The van der Waals surface area contributed by atoms with Crippen LogP contribution >= 0.6 is 0 Å². The number of aliphatic carboxylic acids is 1.